The monoisotopic (exact) mass is 223 g/mol. The third kappa shape index (κ3) is 2.23. The zero-order valence-electron chi connectivity index (χ0n) is 9.93. The van der Waals surface area contributed by atoms with Crippen molar-refractivity contribution in [3.63, 3.8) is 0 Å². The number of carbonyl (C=O) groups excluding carboxylic acids is 1. The highest BCUT2D eigenvalue weighted by atomic mass is 16.6. The number of rotatable bonds is 0. The van der Waals surface area contributed by atoms with E-state index in [4.69, 9.17) is 4.74 Å². The lowest BCUT2D eigenvalue weighted by atomic mass is 10.0. The van der Waals surface area contributed by atoms with E-state index in [1.54, 1.807) is 11.1 Å². The summed E-state index contributed by atoms with van der Waals surface area (Å²) in [4.78, 5) is 13.6. The van der Waals surface area contributed by atoms with E-state index in [1.807, 2.05) is 20.8 Å². The van der Waals surface area contributed by atoms with Gasteiger partial charge >= 0.3 is 6.09 Å². The molecule has 0 saturated carbocycles. The molecule has 5 nitrogen and oxygen atoms in total. The van der Waals surface area contributed by atoms with Crippen LogP contribution < -0.4 is 0 Å². The molecular weight excluding hydrogens is 206 g/mol. The van der Waals surface area contributed by atoms with Crippen LogP contribution in [0.3, 0.4) is 0 Å². The smallest absolute Gasteiger partial charge is 0.414 e. The third-order valence-electron chi connectivity index (χ3n) is 2.52. The van der Waals surface area contributed by atoms with Gasteiger partial charge in [-0.3, -0.25) is 4.90 Å². The second-order valence-corrected chi connectivity index (χ2v) is 5.07. The lowest BCUT2D eigenvalue weighted by Gasteiger charge is -2.32. The normalized spacial score (nSPS) is 24.1. The highest BCUT2D eigenvalue weighted by Crippen LogP contribution is 2.29. The van der Waals surface area contributed by atoms with Crippen molar-refractivity contribution in [1.82, 2.24) is 4.90 Å². The second-order valence-electron chi connectivity index (χ2n) is 5.07. The molecule has 0 aromatic heterocycles. The van der Waals surface area contributed by atoms with Crippen LogP contribution in [0.1, 0.15) is 33.6 Å². The van der Waals surface area contributed by atoms with Crippen LogP contribution in [-0.4, -0.2) is 29.2 Å². The fraction of sp³-hybridized carbons (Fsp3) is 0.727. The molecule has 0 aliphatic carbocycles. The number of piperidine rings is 1. The van der Waals surface area contributed by atoms with E-state index in [2.05, 4.69) is 10.2 Å². The van der Waals surface area contributed by atoms with Crippen molar-refractivity contribution in [2.75, 3.05) is 6.54 Å². The minimum Gasteiger partial charge on any atom is -0.443 e. The van der Waals surface area contributed by atoms with E-state index < -0.39 is 5.60 Å². The Morgan fingerprint density at radius 1 is 1.56 bits per heavy atom. The Hall–Kier alpha value is -1.39. The van der Waals surface area contributed by atoms with Crippen LogP contribution in [0.4, 0.5) is 4.79 Å². The molecule has 5 heteroatoms. The summed E-state index contributed by atoms with van der Waals surface area (Å²) >= 11 is 0. The van der Waals surface area contributed by atoms with Crippen molar-refractivity contribution in [2.45, 2.75) is 45.3 Å². The van der Waals surface area contributed by atoms with E-state index in [1.165, 1.54) is 0 Å². The van der Waals surface area contributed by atoms with Crippen molar-refractivity contribution in [2.24, 2.45) is 10.2 Å². The topological polar surface area (TPSA) is 54.3 Å². The first-order valence-corrected chi connectivity index (χ1v) is 5.58. The van der Waals surface area contributed by atoms with Crippen molar-refractivity contribution >= 4 is 6.09 Å². The van der Waals surface area contributed by atoms with Crippen molar-refractivity contribution in [3.05, 3.63) is 11.9 Å². The summed E-state index contributed by atoms with van der Waals surface area (Å²) in [6.07, 6.45) is 3.28. The number of nitrogens with zero attached hydrogens (tertiary/aromatic N) is 3. The Labute approximate surface area is 95.2 Å². The van der Waals surface area contributed by atoms with Gasteiger partial charge in [0.15, 0.2) is 0 Å². The molecule has 2 rings (SSSR count). The number of hydrogen-bond acceptors (Lipinski definition) is 4. The first kappa shape index (κ1) is 11.1. The summed E-state index contributed by atoms with van der Waals surface area (Å²) in [5, 5.41) is 7.94. The Balaban J connectivity index is 2.06. The lowest BCUT2D eigenvalue weighted by Crippen LogP contribution is -2.41. The summed E-state index contributed by atoms with van der Waals surface area (Å²) in [7, 11) is 0. The number of likely N-dealkylation sites (tertiary alicyclic amines) is 1. The molecule has 0 aromatic rings. The zero-order chi connectivity index (χ0) is 11.8. The van der Waals surface area contributed by atoms with E-state index in [9.17, 15) is 4.79 Å². The van der Waals surface area contributed by atoms with Gasteiger partial charge in [0.1, 0.15) is 11.6 Å². The number of ether oxygens (including phenoxy) is 1. The third-order valence-corrected chi connectivity index (χ3v) is 2.52. The Morgan fingerprint density at radius 2 is 2.31 bits per heavy atom. The van der Waals surface area contributed by atoms with E-state index >= 15 is 0 Å². The largest absolute Gasteiger partial charge is 0.443 e. The van der Waals surface area contributed by atoms with Crippen LogP contribution in [-0.2, 0) is 4.74 Å². The molecule has 2 aliphatic rings. The molecule has 2 heterocycles. The summed E-state index contributed by atoms with van der Waals surface area (Å²) in [5.41, 5.74) is 0.415. The summed E-state index contributed by atoms with van der Waals surface area (Å²) in [5.74, 6) is 0. The van der Waals surface area contributed by atoms with Gasteiger partial charge in [0.25, 0.3) is 0 Å². The van der Waals surface area contributed by atoms with Crippen LogP contribution in [0, 0.1) is 0 Å². The summed E-state index contributed by atoms with van der Waals surface area (Å²) in [6, 6.07) is 0.0567. The number of carbonyl (C=O) groups is 1. The maximum Gasteiger partial charge on any atom is 0.414 e. The van der Waals surface area contributed by atoms with Gasteiger partial charge in [0.05, 0.1) is 11.9 Å². The maximum atomic E-state index is 11.9. The van der Waals surface area contributed by atoms with Crippen molar-refractivity contribution in [1.29, 1.82) is 0 Å². The fourth-order valence-electron chi connectivity index (χ4n) is 1.86. The van der Waals surface area contributed by atoms with E-state index in [-0.39, 0.29) is 12.1 Å². The van der Waals surface area contributed by atoms with Gasteiger partial charge in [-0.05, 0) is 33.6 Å². The molecule has 0 radical (unpaired) electrons. The molecule has 1 atom stereocenters. The second kappa shape index (κ2) is 3.88. The summed E-state index contributed by atoms with van der Waals surface area (Å²) in [6.45, 7) is 6.29. The Morgan fingerprint density at radius 3 is 3.00 bits per heavy atom. The molecule has 1 fully saturated rings. The lowest BCUT2D eigenvalue weighted by molar-refractivity contribution is 0.0280. The molecule has 0 unspecified atom stereocenters. The van der Waals surface area contributed by atoms with Gasteiger partial charge < -0.3 is 4.74 Å². The van der Waals surface area contributed by atoms with E-state index in [0.29, 0.717) is 6.54 Å². The van der Waals surface area contributed by atoms with Gasteiger partial charge in [0.2, 0.25) is 0 Å². The van der Waals surface area contributed by atoms with Crippen molar-refractivity contribution in [3.8, 4) is 0 Å². The van der Waals surface area contributed by atoms with E-state index in [0.717, 1.165) is 18.5 Å². The van der Waals surface area contributed by atoms with Gasteiger partial charge in [-0.25, -0.2) is 4.79 Å². The first-order valence-electron chi connectivity index (χ1n) is 5.58. The molecule has 1 saturated heterocycles. The van der Waals surface area contributed by atoms with Crippen molar-refractivity contribution < 1.29 is 9.53 Å². The molecule has 1 amide bonds. The van der Waals surface area contributed by atoms with Crippen LogP contribution in [0.25, 0.3) is 0 Å². The quantitative estimate of drug-likeness (QED) is 0.634. The predicted octanol–water partition coefficient (Wildman–Crippen LogP) is 2.69. The highest BCUT2D eigenvalue weighted by molar-refractivity contribution is 5.71. The molecule has 0 spiro atoms. The van der Waals surface area contributed by atoms with Crippen LogP contribution in [0.15, 0.2) is 22.1 Å². The summed E-state index contributed by atoms with van der Waals surface area (Å²) < 4.78 is 5.35. The molecule has 0 N–H and O–H groups in total. The average Bonchev–Trinajstić information content (AvgIpc) is 2.61. The fourth-order valence-corrected chi connectivity index (χ4v) is 1.86. The average molecular weight is 223 g/mol. The number of amides is 1. The molecule has 0 bridgehead atoms. The Kier molecular flexibility index (Phi) is 2.69. The minimum absolute atomic E-state index is 0.0567. The standard InChI is InChI=1S/C11H17N3O2/c1-11(2,3)16-10(15)14-6-4-5-8-9(14)7-12-13-8/h7-8H,4-6H2,1-3H3/t8-/m1/s1. The first-order chi connectivity index (χ1) is 7.47. The van der Waals surface area contributed by atoms with Gasteiger partial charge in [-0.2, -0.15) is 10.2 Å². The SMILES string of the molecule is CC(C)(C)OC(=O)N1CCC[C@H]2N=NC=C21. The van der Waals surface area contributed by atoms with Crippen LogP contribution in [0.2, 0.25) is 0 Å². The van der Waals surface area contributed by atoms with Gasteiger partial charge in [0, 0.05) is 6.54 Å². The molecule has 2 aliphatic heterocycles. The number of azo groups is 1. The van der Waals surface area contributed by atoms with Gasteiger partial charge in [-0.15, -0.1) is 0 Å². The number of fused-ring (bicyclic) bond motifs is 1. The highest BCUT2D eigenvalue weighted by Gasteiger charge is 2.33. The molecular formula is C11H17N3O2. The van der Waals surface area contributed by atoms with Crippen LogP contribution in [0.5, 0.6) is 0 Å². The molecule has 88 valence electrons. The molecule has 16 heavy (non-hydrogen) atoms. The van der Waals surface area contributed by atoms with Gasteiger partial charge in [-0.1, -0.05) is 0 Å². The maximum absolute atomic E-state index is 11.9. The predicted molar refractivity (Wildman–Crippen MR) is 58.9 cm³/mol. The molecule has 0 aromatic carbocycles. The number of hydrogen-bond donors (Lipinski definition) is 0. The van der Waals surface area contributed by atoms with Crippen LogP contribution >= 0.6 is 0 Å². The zero-order valence-corrected chi connectivity index (χ0v) is 9.93. The minimum atomic E-state index is -0.461. The Bertz CT molecular complexity index is 355.